The van der Waals surface area contributed by atoms with Gasteiger partial charge >= 0.3 is 0 Å². The SMILES string of the molecule is C[C@H]1Cc2ccc3c(c2[C@H](O)C1)C(=O)c1cccc(O)c1[C@@H]3O. The van der Waals surface area contributed by atoms with E-state index in [4.69, 9.17) is 0 Å². The Morgan fingerprint density at radius 3 is 2.65 bits per heavy atom. The Morgan fingerprint density at radius 1 is 1.09 bits per heavy atom. The van der Waals surface area contributed by atoms with Gasteiger partial charge in [0.15, 0.2) is 5.78 Å². The van der Waals surface area contributed by atoms with Crippen LogP contribution in [0.15, 0.2) is 30.3 Å². The normalized spacial score (nSPS) is 25.5. The third kappa shape index (κ3) is 1.95. The van der Waals surface area contributed by atoms with Crippen LogP contribution in [0.3, 0.4) is 0 Å². The van der Waals surface area contributed by atoms with Gasteiger partial charge in [0.05, 0.1) is 6.10 Å². The van der Waals surface area contributed by atoms with Gasteiger partial charge in [-0.1, -0.05) is 31.2 Å². The molecule has 2 aromatic rings. The molecule has 0 saturated heterocycles. The van der Waals surface area contributed by atoms with Crippen molar-refractivity contribution in [2.75, 3.05) is 0 Å². The van der Waals surface area contributed by atoms with Gasteiger partial charge in [0.25, 0.3) is 0 Å². The molecule has 3 atom stereocenters. The van der Waals surface area contributed by atoms with E-state index in [2.05, 4.69) is 6.92 Å². The molecule has 0 saturated carbocycles. The number of carbonyl (C=O) groups excluding carboxylic acids is 1. The third-order valence-electron chi connectivity index (χ3n) is 5.02. The first-order valence-corrected chi connectivity index (χ1v) is 7.87. The summed E-state index contributed by atoms with van der Waals surface area (Å²) in [7, 11) is 0. The van der Waals surface area contributed by atoms with Crippen LogP contribution in [0, 0.1) is 5.92 Å². The first-order valence-electron chi connectivity index (χ1n) is 7.87. The van der Waals surface area contributed by atoms with Crippen LogP contribution < -0.4 is 0 Å². The molecule has 2 aromatic carbocycles. The molecule has 118 valence electrons. The highest BCUT2D eigenvalue weighted by Gasteiger charge is 2.37. The number of hydrogen-bond donors (Lipinski definition) is 3. The summed E-state index contributed by atoms with van der Waals surface area (Å²) in [5.41, 5.74) is 3.06. The molecule has 0 heterocycles. The Labute approximate surface area is 134 Å². The summed E-state index contributed by atoms with van der Waals surface area (Å²) in [6, 6.07) is 8.30. The van der Waals surface area contributed by atoms with Crippen molar-refractivity contribution in [3.63, 3.8) is 0 Å². The van der Waals surface area contributed by atoms with E-state index in [0.717, 1.165) is 12.0 Å². The van der Waals surface area contributed by atoms with Gasteiger partial charge in [-0.3, -0.25) is 4.79 Å². The molecular formula is C19H18O4. The van der Waals surface area contributed by atoms with Gasteiger partial charge in [0, 0.05) is 16.7 Å². The van der Waals surface area contributed by atoms with Crippen molar-refractivity contribution in [1.82, 2.24) is 0 Å². The van der Waals surface area contributed by atoms with Gasteiger partial charge in [-0.2, -0.15) is 0 Å². The predicted octanol–water partition coefficient (Wildman–Crippen LogP) is 2.63. The molecule has 2 aliphatic rings. The van der Waals surface area contributed by atoms with Crippen LogP contribution in [0.2, 0.25) is 0 Å². The fraction of sp³-hybridized carbons (Fsp3) is 0.316. The molecule has 0 bridgehead atoms. The zero-order chi connectivity index (χ0) is 16.3. The monoisotopic (exact) mass is 310 g/mol. The number of aliphatic hydroxyl groups excluding tert-OH is 2. The van der Waals surface area contributed by atoms with E-state index in [0.29, 0.717) is 34.6 Å². The lowest BCUT2D eigenvalue weighted by Crippen LogP contribution is -2.26. The van der Waals surface area contributed by atoms with Gasteiger partial charge in [-0.15, -0.1) is 0 Å². The van der Waals surface area contributed by atoms with Gasteiger partial charge in [-0.25, -0.2) is 0 Å². The van der Waals surface area contributed by atoms with Crippen molar-refractivity contribution >= 4 is 5.78 Å². The van der Waals surface area contributed by atoms with Crippen molar-refractivity contribution in [2.45, 2.75) is 32.0 Å². The van der Waals surface area contributed by atoms with Crippen LogP contribution in [0.5, 0.6) is 5.75 Å². The predicted molar refractivity (Wildman–Crippen MR) is 84.5 cm³/mol. The molecule has 0 aliphatic heterocycles. The maximum atomic E-state index is 13.0. The van der Waals surface area contributed by atoms with E-state index < -0.39 is 12.2 Å². The number of rotatable bonds is 0. The Balaban J connectivity index is 1.99. The van der Waals surface area contributed by atoms with Crippen molar-refractivity contribution < 1.29 is 20.1 Å². The summed E-state index contributed by atoms with van der Waals surface area (Å²) in [5.74, 6) is 0.0399. The van der Waals surface area contributed by atoms with Crippen LogP contribution in [0.4, 0.5) is 0 Å². The Hall–Kier alpha value is -2.17. The second-order valence-corrected chi connectivity index (χ2v) is 6.63. The summed E-state index contributed by atoms with van der Waals surface area (Å²) in [4.78, 5) is 13.0. The standard InChI is InChI=1S/C19H18O4/c1-9-7-10-5-6-12-17(15(10)14(21)8-9)19(23)11-3-2-4-13(20)16(11)18(12)22/h2-6,9,14,18,20-22H,7-8H2,1H3/t9-,14+,18+/m0/s1. The number of hydrogen-bond acceptors (Lipinski definition) is 4. The van der Waals surface area contributed by atoms with E-state index in [9.17, 15) is 20.1 Å². The van der Waals surface area contributed by atoms with Crippen molar-refractivity contribution in [3.8, 4) is 5.75 Å². The van der Waals surface area contributed by atoms with E-state index in [-0.39, 0.29) is 17.1 Å². The number of carbonyl (C=O) groups is 1. The summed E-state index contributed by atoms with van der Waals surface area (Å²) >= 11 is 0. The molecule has 4 nitrogen and oxygen atoms in total. The Morgan fingerprint density at radius 2 is 1.87 bits per heavy atom. The summed E-state index contributed by atoms with van der Waals surface area (Å²) in [6.07, 6.45) is -0.329. The van der Waals surface area contributed by atoms with E-state index >= 15 is 0 Å². The van der Waals surface area contributed by atoms with E-state index in [1.54, 1.807) is 18.2 Å². The molecule has 0 aromatic heterocycles. The van der Waals surface area contributed by atoms with Crippen LogP contribution in [0.1, 0.15) is 63.7 Å². The maximum absolute atomic E-state index is 13.0. The van der Waals surface area contributed by atoms with Crippen molar-refractivity contribution in [1.29, 1.82) is 0 Å². The second-order valence-electron chi connectivity index (χ2n) is 6.63. The van der Waals surface area contributed by atoms with Crippen LogP contribution in [-0.4, -0.2) is 21.1 Å². The minimum Gasteiger partial charge on any atom is -0.508 e. The third-order valence-corrected chi connectivity index (χ3v) is 5.02. The minimum atomic E-state index is -1.06. The summed E-state index contributed by atoms with van der Waals surface area (Å²) in [6.45, 7) is 2.08. The molecule has 4 heteroatoms. The molecule has 0 unspecified atom stereocenters. The molecule has 0 amide bonds. The highest BCUT2D eigenvalue weighted by Crippen LogP contribution is 2.45. The van der Waals surface area contributed by atoms with Gasteiger partial charge < -0.3 is 15.3 Å². The quantitative estimate of drug-likeness (QED) is 0.699. The smallest absolute Gasteiger partial charge is 0.194 e. The molecule has 0 radical (unpaired) electrons. The van der Waals surface area contributed by atoms with E-state index in [1.807, 2.05) is 6.07 Å². The Bertz CT molecular complexity index is 824. The number of phenols is 1. The topological polar surface area (TPSA) is 77.8 Å². The molecular weight excluding hydrogens is 292 g/mol. The number of phenolic OH excluding ortho intramolecular Hbond substituents is 1. The van der Waals surface area contributed by atoms with Gasteiger partial charge in [0.2, 0.25) is 0 Å². The molecule has 0 fully saturated rings. The highest BCUT2D eigenvalue weighted by atomic mass is 16.3. The number of aliphatic hydroxyl groups is 2. The lowest BCUT2D eigenvalue weighted by Gasteiger charge is -2.33. The van der Waals surface area contributed by atoms with Crippen LogP contribution >= 0.6 is 0 Å². The maximum Gasteiger partial charge on any atom is 0.194 e. The molecule has 4 rings (SSSR count). The fourth-order valence-electron chi connectivity index (χ4n) is 4.01. The average molecular weight is 310 g/mol. The number of fused-ring (bicyclic) bond motifs is 4. The number of benzene rings is 2. The highest BCUT2D eigenvalue weighted by molar-refractivity contribution is 6.14. The molecule has 2 aliphatic carbocycles. The summed E-state index contributed by atoms with van der Waals surface area (Å²) in [5, 5.41) is 31.2. The van der Waals surface area contributed by atoms with Crippen LogP contribution in [0.25, 0.3) is 0 Å². The lowest BCUT2D eigenvalue weighted by atomic mass is 9.73. The van der Waals surface area contributed by atoms with Gasteiger partial charge in [-0.05, 0) is 41.5 Å². The zero-order valence-corrected chi connectivity index (χ0v) is 12.8. The average Bonchev–Trinajstić information content (AvgIpc) is 2.51. The molecule has 3 N–H and O–H groups in total. The largest absolute Gasteiger partial charge is 0.508 e. The van der Waals surface area contributed by atoms with Crippen molar-refractivity contribution in [3.05, 3.63) is 63.7 Å². The van der Waals surface area contributed by atoms with Crippen molar-refractivity contribution in [2.24, 2.45) is 5.92 Å². The number of ketones is 1. The fourth-order valence-corrected chi connectivity index (χ4v) is 4.01. The lowest BCUT2D eigenvalue weighted by molar-refractivity contribution is 0.0991. The minimum absolute atomic E-state index is 0.0825. The molecule has 23 heavy (non-hydrogen) atoms. The zero-order valence-electron chi connectivity index (χ0n) is 12.8. The van der Waals surface area contributed by atoms with E-state index in [1.165, 1.54) is 6.07 Å². The first-order chi connectivity index (χ1) is 11.0. The van der Waals surface area contributed by atoms with Gasteiger partial charge in [0.1, 0.15) is 11.9 Å². The first kappa shape index (κ1) is 14.4. The second kappa shape index (κ2) is 4.91. The number of aromatic hydroxyl groups is 1. The Kier molecular flexibility index (Phi) is 3.08. The van der Waals surface area contributed by atoms with Crippen LogP contribution in [-0.2, 0) is 6.42 Å². The molecule has 0 spiro atoms. The summed E-state index contributed by atoms with van der Waals surface area (Å²) < 4.78 is 0.